The molecule has 0 radical (unpaired) electrons. The fourth-order valence-electron chi connectivity index (χ4n) is 5.08. The van der Waals surface area contributed by atoms with E-state index < -0.39 is 20.3 Å². The van der Waals surface area contributed by atoms with Crippen LogP contribution in [0.5, 0.6) is 5.75 Å². The van der Waals surface area contributed by atoms with Gasteiger partial charge in [0.25, 0.3) is 0 Å². The number of carboxylic acids is 2. The van der Waals surface area contributed by atoms with Crippen molar-refractivity contribution in [2.45, 2.75) is 98.4 Å². The number of hydrogen-bond donors (Lipinski definition) is 2. The van der Waals surface area contributed by atoms with E-state index in [2.05, 4.69) is 53.7 Å². The van der Waals surface area contributed by atoms with Gasteiger partial charge in [0, 0.05) is 6.42 Å². The van der Waals surface area contributed by atoms with E-state index >= 15 is 0 Å². The Kier molecular flexibility index (Phi) is 12.8. The largest absolute Gasteiger partial charge is 0.546 e. The van der Waals surface area contributed by atoms with Crippen LogP contribution in [0.2, 0.25) is 18.1 Å². The lowest BCUT2D eigenvalue weighted by Crippen LogP contribution is -2.35. The molecule has 2 aromatic carbocycles. The van der Waals surface area contributed by atoms with Crippen molar-refractivity contribution in [3.05, 3.63) is 70.5 Å². The molecule has 0 spiro atoms. The second kappa shape index (κ2) is 15.5. The smallest absolute Gasteiger partial charge is 0.336 e. The Morgan fingerprint density at radius 2 is 1.49 bits per heavy atom. The van der Waals surface area contributed by atoms with Crippen molar-refractivity contribution in [1.82, 2.24) is 0 Å². The Labute approximate surface area is 235 Å². The highest BCUT2D eigenvalue weighted by Gasteiger charge is 2.32. The molecule has 0 aromatic heterocycles. The molecule has 0 aliphatic rings. The molecule has 6 nitrogen and oxygen atoms in total. The number of benzene rings is 2. The van der Waals surface area contributed by atoms with E-state index in [-0.39, 0.29) is 17.7 Å². The van der Waals surface area contributed by atoms with Gasteiger partial charge in [-0.2, -0.15) is 0 Å². The second-order valence-corrected chi connectivity index (χ2v) is 14.8. The van der Waals surface area contributed by atoms with Gasteiger partial charge in [-0.3, -0.25) is 0 Å². The summed E-state index contributed by atoms with van der Waals surface area (Å²) in [5.41, 5.74) is 2.76. The predicted molar refractivity (Wildman–Crippen MR) is 160 cm³/mol. The van der Waals surface area contributed by atoms with Crippen LogP contribution >= 0.6 is 0 Å². The molecule has 2 N–H and O–H groups in total. The van der Waals surface area contributed by atoms with Crippen molar-refractivity contribution in [2.24, 2.45) is 5.92 Å². The minimum atomic E-state index is -1.86. The van der Waals surface area contributed by atoms with Crippen LogP contribution < -0.4 is 4.74 Å². The summed E-state index contributed by atoms with van der Waals surface area (Å²) in [6.07, 6.45) is 5.27. The number of carbonyl (C=O) groups is 2. The summed E-state index contributed by atoms with van der Waals surface area (Å²) in [6, 6.07) is 15.6. The molecule has 0 aliphatic heterocycles. The lowest BCUT2D eigenvalue weighted by Gasteiger charge is -2.32. The SMILES string of the molecule is CC/C(=C(/CCC(CC)CC)O[Si](CC)(CC)CC)c1cccc(COc2ccc(C(=O)O)c(C(=O)O)c2)c1. The molecular weight excluding hydrogens is 508 g/mol. The lowest BCUT2D eigenvalue weighted by atomic mass is 9.93. The Morgan fingerprint density at radius 3 is 2.03 bits per heavy atom. The fourth-order valence-corrected chi connectivity index (χ4v) is 7.76. The predicted octanol–water partition coefficient (Wildman–Crippen LogP) is 9.02. The Balaban J connectivity index is 2.40. The third kappa shape index (κ3) is 8.72. The van der Waals surface area contributed by atoms with Crippen LogP contribution in [0.4, 0.5) is 0 Å². The zero-order valence-electron chi connectivity index (χ0n) is 24.5. The molecule has 0 bridgehead atoms. The summed E-state index contributed by atoms with van der Waals surface area (Å²) >= 11 is 0. The highest BCUT2D eigenvalue weighted by molar-refractivity contribution is 6.73. The standard InChI is InChI=1S/C32H46O6Si/c1-7-23(8-2)16-19-30(38-39(10-4,11-5)12-6)27(9-3)25-15-13-14-24(20-25)22-37-26-17-18-28(31(33)34)29(21-26)32(35)36/h13-15,17-18,20-21,23H,7-12,16,19,22H2,1-6H3,(H,33,34)(H,35,36)/b30-27+. The third-order valence-corrected chi connectivity index (χ3v) is 12.6. The molecule has 0 saturated carbocycles. The molecule has 7 heteroatoms. The molecule has 2 aromatic rings. The zero-order valence-corrected chi connectivity index (χ0v) is 25.5. The van der Waals surface area contributed by atoms with E-state index in [1.54, 1.807) is 0 Å². The van der Waals surface area contributed by atoms with Gasteiger partial charge >= 0.3 is 11.9 Å². The first-order chi connectivity index (χ1) is 18.7. The van der Waals surface area contributed by atoms with E-state index in [0.29, 0.717) is 11.7 Å². The summed E-state index contributed by atoms with van der Waals surface area (Å²) in [4.78, 5) is 22.9. The summed E-state index contributed by atoms with van der Waals surface area (Å²) in [5, 5.41) is 18.7. The first kappa shape index (κ1) is 32.2. The van der Waals surface area contributed by atoms with Crippen molar-refractivity contribution in [1.29, 1.82) is 0 Å². The number of ether oxygens (including phenoxy) is 1. The maximum atomic E-state index is 11.5. The molecule has 0 atom stereocenters. The van der Waals surface area contributed by atoms with Crippen LogP contribution in [0.25, 0.3) is 5.57 Å². The van der Waals surface area contributed by atoms with Crippen molar-refractivity contribution in [2.75, 3.05) is 0 Å². The molecule has 0 amide bonds. The molecule has 0 aliphatic carbocycles. The molecule has 0 unspecified atom stereocenters. The van der Waals surface area contributed by atoms with Gasteiger partial charge in [0.05, 0.1) is 16.9 Å². The molecule has 0 saturated heterocycles. The third-order valence-electron chi connectivity index (χ3n) is 8.03. The van der Waals surface area contributed by atoms with Crippen LogP contribution in [0.15, 0.2) is 48.2 Å². The van der Waals surface area contributed by atoms with E-state index in [1.165, 1.54) is 36.6 Å². The highest BCUT2D eigenvalue weighted by atomic mass is 28.4. The van der Waals surface area contributed by atoms with Crippen LogP contribution in [-0.2, 0) is 11.0 Å². The Bertz CT molecular complexity index is 1120. The maximum absolute atomic E-state index is 11.5. The number of rotatable bonds is 17. The number of allylic oxidation sites excluding steroid dienone is 2. The summed E-state index contributed by atoms with van der Waals surface area (Å²) < 4.78 is 12.9. The molecule has 0 fully saturated rings. The second-order valence-electron chi connectivity index (χ2n) is 10.1. The van der Waals surface area contributed by atoms with Gasteiger partial charge in [0.1, 0.15) is 12.4 Å². The first-order valence-electron chi connectivity index (χ1n) is 14.4. The number of carboxylic acid groups (broad SMARTS) is 2. The van der Waals surface area contributed by atoms with E-state index in [9.17, 15) is 19.8 Å². The molecular formula is C32H46O6Si. The van der Waals surface area contributed by atoms with E-state index in [1.807, 2.05) is 12.1 Å². The average molecular weight is 555 g/mol. The average Bonchev–Trinajstić information content (AvgIpc) is 2.95. The Morgan fingerprint density at radius 1 is 0.846 bits per heavy atom. The van der Waals surface area contributed by atoms with Gasteiger partial charge in [-0.15, -0.1) is 0 Å². The van der Waals surface area contributed by atoms with Gasteiger partial charge in [0.2, 0.25) is 8.32 Å². The van der Waals surface area contributed by atoms with Gasteiger partial charge in [-0.25, -0.2) is 9.59 Å². The topological polar surface area (TPSA) is 93.1 Å². The number of aromatic carboxylic acids is 2. The summed E-state index contributed by atoms with van der Waals surface area (Å²) in [7, 11) is -1.86. The molecule has 2 rings (SSSR count). The molecule has 214 valence electrons. The van der Waals surface area contributed by atoms with Crippen molar-refractivity contribution in [3.8, 4) is 5.75 Å². The summed E-state index contributed by atoms with van der Waals surface area (Å²) in [5.74, 6) is -0.438. The van der Waals surface area contributed by atoms with Gasteiger partial charge in [0.15, 0.2) is 0 Å². The highest BCUT2D eigenvalue weighted by Crippen LogP contribution is 2.34. The normalized spacial score (nSPS) is 12.3. The fraction of sp³-hybridized carbons (Fsp3) is 0.500. The van der Waals surface area contributed by atoms with Crippen molar-refractivity contribution >= 4 is 25.8 Å². The first-order valence-corrected chi connectivity index (χ1v) is 16.9. The van der Waals surface area contributed by atoms with E-state index in [4.69, 9.17) is 9.16 Å². The number of hydrogen-bond acceptors (Lipinski definition) is 4. The van der Waals surface area contributed by atoms with Crippen LogP contribution in [0, 0.1) is 5.92 Å². The van der Waals surface area contributed by atoms with Crippen LogP contribution in [0.1, 0.15) is 105 Å². The van der Waals surface area contributed by atoms with Crippen LogP contribution in [0.3, 0.4) is 0 Å². The van der Waals surface area contributed by atoms with Gasteiger partial charge in [-0.1, -0.05) is 72.6 Å². The molecule has 39 heavy (non-hydrogen) atoms. The van der Waals surface area contributed by atoms with Gasteiger partial charge < -0.3 is 19.4 Å². The van der Waals surface area contributed by atoms with Crippen molar-refractivity contribution in [3.63, 3.8) is 0 Å². The lowest BCUT2D eigenvalue weighted by molar-refractivity contribution is 0.0651. The summed E-state index contributed by atoms with van der Waals surface area (Å²) in [6.45, 7) is 13.7. The van der Waals surface area contributed by atoms with Gasteiger partial charge in [-0.05, 0) is 77.9 Å². The zero-order chi connectivity index (χ0) is 29.0. The van der Waals surface area contributed by atoms with Crippen molar-refractivity contribution < 1.29 is 29.0 Å². The minimum Gasteiger partial charge on any atom is -0.546 e. The maximum Gasteiger partial charge on any atom is 0.336 e. The quantitative estimate of drug-likeness (QED) is 0.150. The Hall–Kier alpha value is -3.06. The van der Waals surface area contributed by atoms with Crippen LogP contribution in [-0.4, -0.2) is 30.5 Å². The minimum absolute atomic E-state index is 0.234. The molecule has 0 heterocycles. The van der Waals surface area contributed by atoms with E-state index in [0.717, 1.165) is 54.3 Å². The monoisotopic (exact) mass is 554 g/mol.